The van der Waals surface area contributed by atoms with Crippen molar-refractivity contribution in [1.82, 2.24) is 19.7 Å². The fourth-order valence-electron chi connectivity index (χ4n) is 3.64. The van der Waals surface area contributed by atoms with E-state index in [1.54, 1.807) is 29.2 Å². The Morgan fingerprint density at radius 3 is 2.87 bits per heavy atom. The van der Waals surface area contributed by atoms with Gasteiger partial charge in [0, 0.05) is 24.7 Å². The number of nitrogens with one attached hydrogen (secondary N) is 1. The van der Waals surface area contributed by atoms with Gasteiger partial charge in [0.2, 0.25) is 5.91 Å². The molecule has 0 radical (unpaired) electrons. The molecule has 1 fully saturated rings. The number of amides is 1. The summed E-state index contributed by atoms with van der Waals surface area (Å²) in [6.45, 7) is 2.44. The quantitative estimate of drug-likeness (QED) is 0.597. The minimum Gasteiger partial charge on any atom is -0.377 e. The van der Waals surface area contributed by atoms with Crippen molar-refractivity contribution >= 4 is 23.2 Å². The van der Waals surface area contributed by atoms with Crippen molar-refractivity contribution in [3.63, 3.8) is 0 Å². The van der Waals surface area contributed by atoms with Crippen LogP contribution in [-0.2, 0) is 16.1 Å². The van der Waals surface area contributed by atoms with Crippen LogP contribution >= 0.6 is 11.6 Å². The van der Waals surface area contributed by atoms with E-state index in [-0.39, 0.29) is 18.6 Å². The maximum Gasteiger partial charge on any atom is 0.238 e. The van der Waals surface area contributed by atoms with Crippen molar-refractivity contribution < 1.29 is 9.53 Å². The lowest BCUT2D eigenvalue weighted by Crippen LogP contribution is -2.38. The zero-order valence-electron chi connectivity index (χ0n) is 16.6. The fraction of sp³-hybridized carbons (Fsp3) is 0.318. The minimum atomic E-state index is -0.118. The lowest BCUT2D eigenvalue weighted by molar-refractivity contribution is -0.117. The highest BCUT2D eigenvalue weighted by atomic mass is 35.5. The van der Waals surface area contributed by atoms with Crippen molar-refractivity contribution in [2.45, 2.75) is 25.5 Å². The van der Waals surface area contributed by atoms with Gasteiger partial charge in [-0.2, -0.15) is 5.10 Å². The highest BCUT2D eigenvalue weighted by molar-refractivity contribution is 6.31. The summed E-state index contributed by atoms with van der Waals surface area (Å²) in [4.78, 5) is 19.0. The van der Waals surface area contributed by atoms with Gasteiger partial charge >= 0.3 is 0 Å². The average molecular weight is 426 g/mol. The number of ether oxygens (including phenoxy) is 1. The molecule has 1 N–H and O–H groups in total. The molecule has 0 spiro atoms. The normalized spacial score (nSPS) is 16.1. The maximum absolute atomic E-state index is 12.9. The van der Waals surface area contributed by atoms with Gasteiger partial charge in [-0.15, -0.1) is 0 Å². The van der Waals surface area contributed by atoms with Gasteiger partial charge in [0.15, 0.2) is 0 Å². The number of nitrogens with zero attached hydrogens (tertiary/aromatic N) is 4. The van der Waals surface area contributed by atoms with Crippen LogP contribution in [0.2, 0.25) is 5.02 Å². The summed E-state index contributed by atoms with van der Waals surface area (Å²) in [7, 11) is 0. The van der Waals surface area contributed by atoms with E-state index >= 15 is 0 Å². The van der Waals surface area contributed by atoms with Crippen LogP contribution in [0.25, 0.3) is 5.69 Å². The second kappa shape index (κ2) is 9.84. The number of benzene rings is 2. The Hall–Kier alpha value is -2.74. The summed E-state index contributed by atoms with van der Waals surface area (Å²) in [5, 5.41) is 7.68. The smallest absolute Gasteiger partial charge is 0.238 e. The van der Waals surface area contributed by atoms with Gasteiger partial charge in [0.1, 0.15) is 12.7 Å². The Bertz CT molecular complexity index is 959. The first-order valence-corrected chi connectivity index (χ1v) is 10.4. The topological polar surface area (TPSA) is 72.3 Å². The highest BCUT2D eigenvalue weighted by Gasteiger charge is 2.21. The Balaban J connectivity index is 1.47. The van der Waals surface area contributed by atoms with E-state index in [0.29, 0.717) is 29.5 Å². The minimum absolute atomic E-state index is 0.118. The summed E-state index contributed by atoms with van der Waals surface area (Å²) >= 11 is 6.16. The van der Waals surface area contributed by atoms with Crippen LogP contribution in [-0.4, -0.2) is 51.4 Å². The molecule has 30 heavy (non-hydrogen) atoms. The summed E-state index contributed by atoms with van der Waals surface area (Å²) in [6, 6.07) is 15.4. The van der Waals surface area contributed by atoms with E-state index in [4.69, 9.17) is 16.3 Å². The molecule has 2 heterocycles. The second-order valence-electron chi connectivity index (χ2n) is 7.34. The molecule has 7 nitrogen and oxygen atoms in total. The molecule has 8 heteroatoms. The zero-order chi connectivity index (χ0) is 20.8. The summed E-state index contributed by atoms with van der Waals surface area (Å²) in [6.07, 6.45) is 5.29. The number of hydrogen-bond donors (Lipinski definition) is 1. The SMILES string of the molecule is O=C(CN(Cc1ccccc1)CC1CCCO1)Nc1cc(Cl)ccc1-n1cncn1. The van der Waals surface area contributed by atoms with Gasteiger partial charge in [0.05, 0.1) is 24.0 Å². The van der Waals surface area contributed by atoms with Crippen LogP contribution in [0.5, 0.6) is 0 Å². The molecule has 0 saturated carbocycles. The molecule has 3 aromatic rings. The first-order chi connectivity index (χ1) is 14.7. The van der Waals surface area contributed by atoms with Crippen LogP contribution in [0.3, 0.4) is 0 Å². The Morgan fingerprint density at radius 2 is 2.13 bits per heavy atom. The van der Waals surface area contributed by atoms with Crippen LogP contribution in [0.4, 0.5) is 5.69 Å². The third-order valence-electron chi connectivity index (χ3n) is 5.00. The molecular formula is C22H24ClN5O2. The van der Waals surface area contributed by atoms with Crippen molar-refractivity contribution in [1.29, 1.82) is 0 Å². The first kappa shape index (κ1) is 20.5. The lowest BCUT2D eigenvalue weighted by Gasteiger charge is -2.25. The fourth-order valence-corrected chi connectivity index (χ4v) is 3.81. The number of carbonyl (C=O) groups is 1. The number of aromatic nitrogens is 3. The second-order valence-corrected chi connectivity index (χ2v) is 7.78. The van der Waals surface area contributed by atoms with Crippen molar-refractivity contribution in [2.75, 3.05) is 25.0 Å². The van der Waals surface area contributed by atoms with E-state index in [2.05, 4.69) is 32.4 Å². The van der Waals surface area contributed by atoms with Crippen LogP contribution in [0.15, 0.2) is 61.2 Å². The Morgan fingerprint density at radius 1 is 1.27 bits per heavy atom. The van der Waals surface area contributed by atoms with Gasteiger partial charge in [-0.25, -0.2) is 9.67 Å². The molecule has 1 aliphatic heterocycles. The van der Waals surface area contributed by atoms with Gasteiger partial charge in [-0.3, -0.25) is 9.69 Å². The van der Waals surface area contributed by atoms with Gasteiger partial charge < -0.3 is 10.1 Å². The molecule has 1 atom stereocenters. The van der Waals surface area contributed by atoms with Gasteiger partial charge in [0.25, 0.3) is 0 Å². The molecule has 1 aromatic heterocycles. The van der Waals surface area contributed by atoms with Crippen molar-refractivity contribution in [3.8, 4) is 5.69 Å². The lowest BCUT2D eigenvalue weighted by atomic mass is 10.2. The van der Waals surface area contributed by atoms with Crippen LogP contribution in [0, 0.1) is 0 Å². The number of rotatable bonds is 8. The molecule has 156 valence electrons. The number of carbonyl (C=O) groups excluding carboxylic acids is 1. The molecule has 1 amide bonds. The zero-order valence-corrected chi connectivity index (χ0v) is 17.3. The standard InChI is InChI=1S/C22H24ClN5O2/c23-18-8-9-21(28-16-24-15-25-28)20(11-18)26-22(29)14-27(13-19-7-4-10-30-19)12-17-5-2-1-3-6-17/h1-3,5-6,8-9,11,15-16,19H,4,7,10,12-14H2,(H,26,29). The number of anilines is 1. The van der Waals surface area contributed by atoms with Gasteiger partial charge in [-0.1, -0.05) is 41.9 Å². The Kier molecular flexibility index (Phi) is 6.74. The number of halogens is 1. The van der Waals surface area contributed by atoms with Crippen LogP contribution < -0.4 is 5.32 Å². The first-order valence-electron chi connectivity index (χ1n) is 9.99. The molecule has 2 aromatic carbocycles. The summed E-state index contributed by atoms with van der Waals surface area (Å²) in [5.74, 6) is -0.118. The van der Waals surface area contributed by atoms with Crippen molar-refractivity contribution in [2.24, 2.45) is 0 Å². The molecule has 1 saturated heterocycles. The van der Waals surface area contributed by atoms with E-state index in [0.717, 1.165) is 25.0 Å². The largest absolute Gasteiger partial charge is 0.377 e. The third kappa shape index (κ3) is 5.44. The maximum atomic E-state index is 12.9. The third-order valence-corrected chi connectivity index (χ3v) is 5.24. The molecule has 1 unspecified atom stereocenters. The predicted molar refractivity (Wildman–Crippen MR) is 116 cm³/mol. The predicted octanol–water partition coefficient (Wildman–Crippen LogP) is 3.54. The number of hydrogen-bond acceptors (Lipinski definition) is 5. The van der Waals surface area contributed by atoms with E-state index in [9.17, 15) is 4.79 Å². The van der Waals surface area contributed by atoms with E-state index < -0.39 is 0 Å². The van der Waals surface area contributed by atoms with E-state index in [1.165, 1.54) is 6.33 Å². The molecule has 4 rings (SSSR count). The van der Waals surface area contributed by atoms with Crippen LogP contribution in [0.1, 0.15) is 18.4 Å². The molecule has 1 aliphatic rings. The summed E-state index contributed by atoms with van der Waals surface area (Å²) < 4.78 is 7.39. The summed E-state index contributed by atoms with van der Waals surface area (Å²) in [5.41, 5.74) is 2.46. The van der Waals surface area contributed by atoms with Crippen molar-refractivity contribution in [3.05, 3.63) is 71.8 Å². The molecular weight excluding hydrogens is 402 g/mol. The van der Waals surface area contributed by atoms with E-state index in [1.807, 2.05) is 18.2 Å². The average Bonchev–Trinajstić information content (AvgIpc) is 3.43. The highest BCUT2D eigenvalue weighted by Crippen LogP contribution is 2.24. The molecule has 0 aliphatic carbocycles. The Labute approximate surface area is 180 Å². The monoisotopic (exact) mass is 425 g/mol. The molecule has 0 bridgehead atoms. The van der Waals surface area contributed by atoms with Gasteiger partial charge in [-0.05, 0) is 36.6 Å².